The van der Waals surface area contributed by atoms with E-state index in [1.54, 1.807) is 37.1 Å². The molecule has 5 rings (SSSR count). The lowest BCUT2D eigenvalue weighted by Crippen LogP contribution is -2.38. The summed E-state index contributed by atoms with van der Waals surface area (Å²) in [5.41, 5.74) is 2.70. The van der Waals surface area contributed by atoms with Gasteiger partial charge in [0.1, 0.15) is 17.2 Å². The van der Waals surface area contributed by atoms with E-state index in [2.05, 4.69) is 20.0 Å². The number of carbonyl (C=O) groups is 2. The molecule has 3 amide bonds. The highest BCUT2D eigenvalue weighted by molar-refractivity contribution is 7.05. The Morgan fingerprint density at radius 3 is 2.78 bits per heavy atom. The van der Waals surface area contributed by atoms with Crippen molar-refractivity contribution in [3.05, 3.63) is 75.8 Å². The van der Waals surface area contributed by atoms with Crippen LogP contribution in [0.25, 0.3) is 0 Å². The number of anilines is 1. The SMILES string of the molecule is COCCNC(=O)c1ccc(C2CC2)cc1NC(=O)N1CCC(c2ccc(C)c(F)c2)(c2ncns2)C1. The largest absolute Gasteiger partial charge is 0.383 e. The van der Waals surface area contributed by atoms with Gasteiger partial charge in [0.05, 0.1) is 23.3 Å². The number of hydrogen-bond donors (Lipinski definition) is 2. The van der Waals surface area contributed by atoms with E-state index >= 15 is 0 Å². The molecule has 37 heavy (non-hydrogen) atoms. The molecule has 0 bridgehead atoms. The Morgan fingerprint density at radius 2 is 2.08 bits per heavy atom. The number of carbonyl (C=O) groups excluding carboxylic acids is 2. The fourth-order valence-electron chi connectivity index (χ4n) is 4.88. The van der Waals surface area contributed by atoms with Gasteiger partial charge >= 0.3 is 6.03 Å². The number of rotatable bonds is 8. The van der Waals surface area contributed by atoms with E-state index in [4.69, 9.17) is 4.74 Å². The molecule has 1 unspecified atom stereocenters. The maximum absolute atomic E-state index is 14.6. The van der Waals surface area contributed by atoms with Crippen LogP contribution in [0.4, 0.5) is 14.9 Å². The molecule has 1 aliphatic carbocycles. The molecule has 2 N–H and O–H groups in total. The van der Waals surface area contributed by atoms with Crippen LogP contribution < -0.4 is 10.6 Å². The van der Waals surface area contributed by atoms with Crippen LogP contribution in [0.1, 0.15) is 57.2 Å². The molecule has 2 heterocycles. The van der Waals surface area contributed by atoms with E-state index in [9.17, 15) is 14.0 Å². The van der Waals surface area contributed by atoms with Crippen LogP contribution in [-0.2, 0) is 10.2 Å². The Balaban J connectivity index is 1.40. The number of ether oxygens (including phenoxy) is 1. The molecule has 0 radical (unpaired) electrons. The first-order valence-corrected chi connectivity index (χ1v) is 13.2. The standard InChI is InChI=1S/C27H30FN5O3S/c1-17-3-7-20(14-22(17)28)27(25-30-16-31-37-25)9-11-33(15-27)26(35)32-23-13-19(18-4-5-18)6-8-21(23)24(34)29-10-12-36-2/h3,6-8,13-14,16,18H,4-5,9-12,15H2,1-2H3,(H,29,34)(H,32,35). The molecule has 1 atom stereocenters. The second-order valence-electron chi connectivity index (χ2n) is 9.72. The van der Waals surface area contributed by atoms with Gasteiger partial charge in [-0.3, -0.25) is 4.79 Å². The average molecular weight is 524 g/mol. The average Bonchev–Trinajstić information content (AvgIpc) is 3.39. The molecule has 1 saturated heterocycles. The van der Waals surface area contributed by atoms with Crippen molar-refractivity contribution in [1.29, 1.82) is 0 Å². The Hall–Kier alpha value is -3.37. The second kappa shape index (κ2) is 10.5. The summed E-state index contributed by atoms with van der Waals surface area (Å²) in [5, 5.41) is 6.57. The molecule has 0 spiro atoms. The van der Waals surface area contributed by atoms with Crippen LogP contribution in [0.15, 0.2) is 42.7 Å². The molecule has 1 aliphatic heterocycles. The number of likely N-dealkylation sites (tertiary alicyclic amines) is 1. The molecule has 2 fully saturated rings. The third kappa shape index (κ3) is 5.21. The lowest BCUT2D eigenvalue weighted by Gasteiger charge is -2.28. The monoisotopic (exact) mass is 523 g/mol. The van der Waals surface area contributed by atoms with Gasteiger partial charge in [-0.2, -0.15) is 4.37 Å². The minimum Gasteiger partial charge on any atom is -0.383 e. The van der Waals surface area contributed by atoms with Gasteiger partial charge in [0.15, 0.2) is 0 Å². The Morgan fingerprint density at radius 1 is 1.24 bits per heavy atom. The van der Waals surface area contributed by atoms with Gasteiger partial charge in [-0.05, 0) is 78.5 Å². The number of urea groups is 1. The molecular formula is C27H30FN5O3S. The number of amides is 3. The Bertz CT molecular complexity index is 1300. The molecule has 194 valence electrons. The van der Waals surface area contributed by atoms with Crippen molar-refractivity contribution in [2.45, 2.75) is 37.5 Å². The summed E-state index contributed by atoms with van der Waals surface area (Å²) in [7, 11) is 1.57. The van der Waals surface area contributed by atoms with E-state index in [-0.39, 0.29) is 17.8 Å². The van der Waals surface area contributed by atoms with Gasteiger partial charge in [-0.25, -0.2) is 14.2 Å². The van der Waals surface area contributed by atoms with Crippen molar-refractivity contribution < 1.29 is 18.7 Å². The third-order valence-corrected chi connectivity index (χ3v) is 8.09. The number of aryl methyl sites for hydroxylation is 1. The predicted molar refractivity (Wildman–Crippen MR) is 140 cm³/mol. The number of benzene rings is 2. The number of hydrogen-bond acceptors (Lipinski definition) is 6. The smallest absolute Gasteiger partial charge is 0.321 e. The first-order chi connectivity index (χ1) is 17.9. The molecule has 1 saturated carbocycles. The van der Waals surface area contributed by atoms with Crippen molar-refractivity contribution in [2.24, 2.45) is 0 Å². The highest BCUT2D eigenvalue weighted by atomic mass is 32.1. The van der Waals surface area contributed by atoms with Gasteiger partial charge in [0, 0.05) is 26.7 Å². The van der Waals surface area contributed by atoms with E-state index in [0.717, 1.165) is 29.0 Å². The van der Waals surface area contributed by atoms with Gasteiger partial charge in [-0.15, -0.1) is 0 Å². The molecule has 10 heteroatoms. The quantitative estimate of drug-likeness (QED) is 0.425. The van der Waals surface area contributed by atoms with Crippen molar-refractivity contribution in [1.82, 2.24) is 19.6 Å². The van der Waals surface area contributed by atoms with Gasteiger partial charge in [0.25, 0.3) is 5.91 Å². The minimum absolute atomic E-state index is 0.269. The van der Waals surface area contributed by atoms with E-state index in [1.807, 2.05) is 18.2 Å². The number of nitrogens with one attached hydrogen (secondary N) is 2. The zero-order valence-electron chi connectivity index (χ0n) is 20.9. The van der Waals surface area contributed by atoms with Gasteiger partial charge in [0.2, 0.25) is 0 Å². The molecule has 2 aliphatic rings. The third-order valence-electron chi connectivity index (χ3n) is 7.22. The van der Waals surface area contributed by atoms with E-state index in [1.165, 1.54) is 17.9 Å². The van der Waals surface area contributed by atoms with Crippen LogP contribution in [0.5, 0.6) is 0 Å². The van der Waals surface area contributed by atoms with Crippen LogP contribution in [0.3, 0.4) is 0 Å². The van der Waals surface area contributed by atoms with Gasteiger partial charge in [-0.1, -0.05) is 18.2 Å². The molecular weight excluding hydrogens is 493 g/mol. The predicted octanol–water partition coefficient (Wildman–Crippen LogP) is 4.46. The number of aromatic nitrogens is 2. The fourth-order valence-corrected chi connectivity index (χ4v) is 5.63. The number of methoxy groups -OCH3 is 1. The summed E-state index contributed by atoms with van der Waals surface area (Å²) in [6.07, 6.45) is 4.30. The maximum atomic E-state index is 14.6. The van der Waals surface area contributed by atoms with Crippen molar-refractivity contribution in [2.75, 3.05) is 38.7 Å². The van der Waals surface area contributed by atoms with E-state index in [0.29, 0.717) is 55.4 Å². The Kier molecular flexibility index (Phi) is 7.21. The minimum atomic E-state index is -0.650. The summed E-state index contributed by atoms with van der Waals surface area (Å²) in [5.74, 6) is -0.0886. The second-order valence-corrected chi connectivity index (χ2v) is 10.5. The lowest BCUT2D eigenvalue weighted by atomic mass is 9.80. The summed E-state index contributed by atoms with van der Waals surface area (Å²) >= 11 is 1.26. The number of halogens is 1. The summed E-state index contributed by atoms with van der Waals surface area (Å²) < 4.78 is 23.8. The van der Waals surface area contributed by atoms with Crippen LogP contribution >= 0.6 is 11.5 Å². The van der Waals surface area contributed by atoms with Crippen molar-refractivity contribution in [3.63, 3.8) is 0 Å². The normalized spacial score (nSPS) is 19.2. The van der Waals surface area contributed by atoms with Crippen LogP contribution in [0.2, 0.25) is 0 Å². The van der Waals surface area contributed by atoms with Crippen LogP contribution in [-0.4, -0.2) is 59.5 Å². The van der Waals surface area contributed by atoms with Crippen LogP contribution in [0, 0.1) is 12.7 Å². The Labute approximate surface area is 219 Å². The zero-order chi connectivity index (χ0) is 26.0. The van der Waals surface area contributed by atoms with Gasteiger partial charge < -0.3 is 20.3 Å². The van der Waals surface area contributed by atoms with E-state index < -0.39 is 5.41 Å². The summed E-state index contributed by atoms with van der Waals surface area (Å²) in [4.78, 5) is 32.5. The zero-order valence-corrected chi connectivity index (χ0v) is 21.7. The first-order valence-electron chi connectivity index (χ1n) is 12.4. The summed E-state index contributed by atoms with van der Waals surface area (Å²) in [6.45, 7) is 3.28. The number of nitrogens with zero attached hydrogens (tertiary/aromatic N) is 3. The molecule has 1 aromatic heterocycles. The topological polar surface area (TPSA) is 96.5 Å². The fraction of sp³-hybridized carbons (Fsp3) is 0.407. The lowest BCUT2D eigenvalue weighted by molar-refractivity contribution is 0.0938. The highest BCUT2D eigenvalue weighted by Crippen LogP contribution is 2.43. The molecule has 2 aromatic carbocycles. The first kappa shape index (κ1) is 25.3. The molecule has 3 aromatic rings. The maximum Gasteiger partial charge on any atom is 0.321 e. The summed E-state index contributed by atoms with van der Waals surface area (Å²) in [6, 6.07) is 10.5. The van der Waals surface area contributed by atoms with Crippen molar-refractivity contribution >= 4 is 29.2 Å². The highest BCUT2D eigenvalue weighted by Gasteiger charge is 2.45. The van der Waals surface area contributed by atoms with Crippen molar-refractivity contribution in [3.8, 4) is 0 Å². The molecule has 8 nitrogen and oxygen atoms in total.